The van der Waals surface area contributed by atoms with Crippen molar-refractivity contribution in [2.45, 2.75) is 6.18 Å². The van der Waals surface area contributed by atoms with E-state index in [1.54, 1.807) is 0 Å². The molecule has 2 aromatic rings. The third-order valence-corrected chi connectivity index (χ3v) is 2.67. The topological polar surface area (TPSA) is 29.0 Å². The van der Waals surface area contributed by atoms with E-state index < -0.39 is 17.8 Å². The number of anilines is 2. The first kappa shape index (κ1) is 14.5. The quantitative estimate of drug-likeness (QED) is 0.619. The lowest BCUT2D eigenvalue weighted by atomic mass is 10.3. The third kappa shape index (κ3) is 3.16. The van der Waals surface area contributed by atoms with Crippen molar-refractivity contribution in [3.63, 3.8) is 0 Å². The van der Waals surface area contributed by atoms with Crippen LogP contribution in [0.15, 0.2) is 30.3 Å². The van der Waals surface area contributed by atoms with E-state index in [0.717, 1.165) is 0 Å². The van der Waals surface area contributed by atoms with E-state index in [4.69, 9.17) is 11.6 Å². The van der Waals surface area contributed by atoms with Crippen LogP contribution in [0.3, 0.4) is 0 Å². The SMILES string of the molecule is CN(c1cccc(F)c1)c1cc(Cl)nc(C(F)(F)F)n1. The Kier molecular flexibility index (Phi) is 3.80. The second-order valence-electron chi connectivity index (χ2n) is 3.91. The fourth-order valence-corrected chi connectivity index (χ4v) is 1.70. The summed E-state index contributed by atoms with van der Waals surface area (Å²) in [7, 11) is 1.45. The summed E-state index contributed by atoms with van der Waals surface area (Å²) < 4.78 is 51.0. The smallest absolute Gasteiger partial charge is 0.329 e. The van der Waals surface area contributed by atoms with Gasteiger partial charge in [0, 0.05) is 18.8 Å². The average molecular weight is 306 g/mol. The molecule has 0 N–H and O–H groups in total. The van der Waals surface area contributed by atoms with Crippen molar-refractivity contribution in [2.24, 2.45) is 0 Å². The second-order valence-corrected chi connectivity index (χ2v) is 4.30. The minimum Gasteiger partial charge on any atom is -0.329 e. The molecular formula is C12H8ClF4N3. The molecule has 20 heavy (non-hydrogen) atoms. The lowest BCUT2D eigenvalue weighted by molar-refractivity contribution is -0.144. The number of aromatic nitrogens is 2. The molecule has 3 nitrogen and oxygen atoms in total. The Labute approximate surface area is 116 Å². The Bertz CT molecular complexity index is 630. The van der Waals surface area contributed by atoms with Crippen molar-refractivity contribution in [1.82, 2.24) is 9.97 Å². The maximum Gasteiger partial charge on any atom is 0.451 e. The van der Waals surface area contributed by atoms with E-state index in [0.29, 0.717) is 5.69 Å². The molecule has 8 heteroatoms. The van der Waals surface area contributed by atoms with Gasteiger partial charge >= 0.3 is 6.18 Å². The third-order valence-electron chi connectivity index (χ3n) is 2.47. The Morgan fingerprint density at radius 2 is 1.85 bits per heavy atom. The summed E-state index contributed by atoms with van der Waals surface area (Å²) in [6.07, 6.45) is -4.71. The summed E-state index contributed by atoms with van der Waals surface area (Å²) in [6, 6.07) is 6.54. The van der Waals surface area contributed by atoms with Gasteiger partial charge in [0.1, 0.15) is 16.8 Å². The van der Waals surface area contributed by atoms with Gasteiger partial charge in [-0.15, -0.1) is 0 Å². The Hall–Kier alpha value is -1.89. The lowest BCUT2D eigenvalue weighted by Gasteiger charge is -2.19. The highest BCUT2D eigenvalue weighted by atomic mass is 35.5. The largest absolute Gasteiger partial charge is 0.451 e. The van der Waals surface area contributed by atoms with Crippen LogP contribution in [-0.4, -0.2) is 17.0 Å². The highest BCUT2D eigenvalue weighted by Crippen LogP contribution is 2.30. The zero-order valence-electron chi connectivity index (χ0n) is 10.1. The summed E-state index contributed by atoms with van der Waals surface area (Å²) >= 11 is 5.57. The molecule has 0 aliphatic heterocycles. The number of rotatable bonds is 2. The molecule has 0 spiro atoms. The molecular weight excluding hydrogens is 298 g/mol. The van der Waals surface area contributed by atoms with Gasteiger partial charge in [0.25, 0.3) is 0 Å². The summed E-state index contributed by atoms with van der Waals surface area (Å²) in [6.45, 7) is 0. The van der Waals surface area contributed by atoms with Gasteiger partial charge in [-0.25, -0.2) is 14.4 Å². The highest BCUT2D eigenvalue weighted by molar-refractivity contribution is 6.29. The van der Waals surface area contributed by atoms with Crippen molar-refractivity contribution < 1.29 is 17.6 Å². The van der Waals surface area contributed by atoms with Crippen LogP contribution in [0.1, 0.15) is 5.82 Å². The zero-order valence-corrected chi connectivity index (χ0v) is 10.9. The maximum atomic E-state index is 13.1. The predicted molar refractivity (Wildman–Crippen MR) is 66.5 cm³/mol. The Morgan fingerprint density at radius 3 is 2.45 bits per heavy atom. The van der Waals surface area contributed by atoms with E-state index >= 15 is 0 Å². The van der Waals surface area contributed by atoms with E-state index in [2.05, 4.69) is 9.97 Å². The molecule has 106 valence electrons. The average Bonchev–Trinajstić information content (AvgIpc) is 2.36. The molecule has 0 saturated heterocycles. The fourth-order valence-electron chi connectivity index (χ4n) is 1.52. The Balaban J connectivity index is 2.45. The summed E-state index contributed by atoms with van der Waals surface area (Å²) in [5, 5.41) is -0.342. The molecule has 0 unspecified atom stereocenters. The molecule has 0 radical (unpaired) electrons. The van der Waals surface area contributed by atoms with Crippen LogP contribution < -0.4 is 4.90 Å². The molecule has 2 rings (SSSR count). The van der Waals surface area contributed by atoms with Crippen molar-refractivity contribution >= 4 is 23.1 Å². The minimum absolute atomic E-state index is 0.0806. The number of hydrogen-bond donors (Lipinski definition) is 0. The van der Waals surface area contributed by atoms with E-state index in [-0.39, 0.29) is 11.0 Å². The van der Waals surface area contributed by atoms with E-state index in [1.165, 1.54) is 42.3 Å². The highest BCUT2D eigenvalue weighted by Gasteiger charge is 2.35. The fraction of sp³-hybridized carbons (Fsp3) is 0.167. The molecule has 0 saturated carbocycles. The van der Waals surface area contributed by atoms with Crippen LogP contribution in [-0.2, 0) is 6.18 Å². The van der Waals surface area contributed by atoms with Gasteiger partial charge in [-0.05, 0) is 18.2 Å². The first-order valence-corrected chi connectivity index (χ1v) is 5.76. The maximum absolute atomic E-state index is 13.1. The predicted octanol–water partition coefficient (Wildman–Crippen LogP) is 4.06. The zero-order chi connectivity index (χ0) is 14.9. The van der Waals surface area contributed by atoms with Gasteiger partial charge in [-0.2, -0.15) is 13.2 Å². The van der Waals surface area contributed by atoms with Crippen LogP contribution in [0.5, 0.6) is 0 Å². The molecule has 0 amide bonds. The number of benzene rings is 1. The number of halogens is 5. The van der Waals surface area contributed by atoms with Gasteiger partial charge in [0.15, 0.2) is 0 Å². The Morgan fingerprint density at radius 1 is 1.15 bits per heavy atom. The number of nitrogens with zero attached hydrogens (tertiary/aromatic N) is 3. The van der Waals surface area contributed by atoms with Crippen LogP contribution in [0, 0.1) is 5.82 Å². The molecule has 0 aliphatic rings. The number of alkyl halides is 3. The summed E-state index contributed by atoms with van der Waals surface area (Å²) in [5.41, 5.74) is 0.341. The van der Waals surface area contributed by atoms with Gasteiger partial charge in [0.05, 0.1) is 0 Å². The standard InChI is InChI=1S/C12H8ClF4N3/c1-20(8-4-2-3-7(14)5-8)10-6-9(13)18-11(19-10)12(15,16)17/h2-6H,1H3. The first-order chi connectivity index (χ1) is 9.27. The summed E-state index contributed by atoms with van der Waals surface area (Å²) in [4.78, 5) is 7.80. The van der Waals surface area contributed by atoms with Gasteiger partial charge in [-0.1, -0.05) is 17.7 Å². The normalized spacial score (nSPS) is 11.5. The molecule has 1 aromatic carbocycles. The van der Waals surface area contributed by atoms with Crippen molar-refractivity contribution in [1.29, 1.82) is 0 Å². The van der Waals surface area contributed by atoms with Gasteiger partial charge in [0.2, 0.25) is 5.82 Å². The minimum atomic E-state index is -4.71. The number of hydrogen-bond acceptors (Lipinski definition) is 3. The molecule has 1 heterocycles. The van der Waals surface area contributed by atoms with E-state index in [9.17, 15) is 17.6 Å². The van der Waals surface area contributed by atoms with Crippen molar-refractivity contribution in [2.75, 3.05) is 11.9 Å². The lowest BCUT2D eigenvalue weighted by Crippen LogP contribution is -2.17. The van der Waals surface area contributed by atoms with Gasteiger partial charge in [-0.3, -0.25) is 0 Å². The van der Waals surface area contributed by atoms with Crippen LogP contribution >= 0.6 is 11.6 Å². The van der Waals surface area contributed by atoms with Crippen LogP contribution in [0.2, 0.25) is 5.15 Å². The monoisotopic (exact) mass is 305 g/mol. The molecule has 0 bridgehead atoms. The molecule has 0 atom stereocenters. The molecule has 1 aromatic heterocycles. The first-order valence-electron chi connectivity index (χ1n) is 5.38. The van der Waals surface area contributed by atoms with E-state index in [1.807, 2.05) is 0 Å². The summed E-state index contributed by atoms with van der Waals surface area (Å²) in [5.74, 6) is -1.93. The second kappa shape index (κ2) is 5.24. The molecule has 0 fully saturated rings. The van der Waals surface area contributed by atoms with Crippen LogP contribution in [0.4, 0.5) is 29.1 Å². The van der Waals surface area contributed by atoms with Crippen LogP contribution in [0.25, 0.3) is 0 Å². The van der Waals surface area contributed by atoms with Crippen molar-refractivity contribution in [3.8, 4) is 0 Å². The van der Waals surface area contributed by atoms with Crippen molar-refractivity contribution in [3.05, 3.63) is 47.1 Å². The molecule has 0 aliphatic carbocycles. The van der Waals surface area contributed by atoms with Gasteiger partial charge < -0.3 is 4.90 Å².